The number of imide groups is 1. The first-order valence-electron chi connectivity index (χ1n) is 9.53. The summed E-state index contributed by atoms with van der Waals surface area (Å²) in [5.41, 5.74) is 2.23. The van der Waals surface area contributed by atoms with Gasteiger partial charge in [-0.15, -0.1) is 0 Å². The van der Waals surface area contributed by atoms with Gasteiger partial charge in [0.2, 0.25) is 11.8 Å². The van der Waals surface area contributed by atoms with Crippen LogP contribution in [0, 0.1) is 0 Å². The molecule has 1 heterocycles. The van der Waals surface area contributed by atoms with Crippen molar-refractivity contribution in [2.24, 2.45) is 0 Å². The van der Waals surface area contributed by atoms with Gasteiger partial charge in [0.05, 0.1) is 11.1 Å². The quantitative estimate of drug-likeness (QED) is 0.626. The molecule has 8 heteroatoms. The molecule has 0 fully saturated rings. The lowest BCUT2D eigenvalue weighted by Gasteiger charge is -2.18. The predicted molar refractivity (Wildman–Crippen MR) is 116 cm³/mol. The maximum absolute atomic E-state index is 12.5. The van der Waals surface area contributed by atoms with Crippen molar-refractivity contribution in [3.8, 4) is 0 Å². The fraction of sp³-hybridized carbons (Fsp3) is 0.273. The third kappa shape index (κ3) is 4.76. The van der Waals surface area contributed by atoms with Crippen LogP contribution >= 0.6 is 15.9 Å². The Morgan fingerprint density at radius 2 is 1.77 bits per heavy atom. The highest BCUT2D eigenvalue weighted by atomic mass is 79.9. The summed E-state index contributed by atoms with van der Waals surface area (Å²) in [6, 6.07) is 12.3. The Bertz CT molecular complexity index is 1020. The molecule has 0 aliphatic carbocycles. The molecule has 1 aliphatic heterocycles. The number of carbonyl (C=O) groups is 4. The van der Waals surface area contributed by atoms with Crippen LogP contribution in [0.2, 0.25) is 0 Å². The lowest BCUT2D eigenvalue weighted by atomic mass is 10.1. The maximum atomic E-state index is 12.5. The van der Waals surface area contributed by atoms with Gasteiger partial charge in [-0.2, -0.15) is 0 Å². The summed E-state index contributed by atoms with van der Waals surface area (Å²) in [6.07, 6.45) is 0.516. The maximum Gasteiger partial charge on any atom is 0.261 e. The fourth-order valence-corrected chi connectivity index (χ4v) is 3.58. The van der Waals surface area contributed by atoms with E-state index in [4.69, 9.17) is 0 Å². The van der Waals surface area contributed by atoms with Crippen LogP contribution in [-0.4, -0.2) is 47.0 Å². The van der Waals surface area contributed by atoms with Gasteiger partial charge < -0.3 is 10.2 Å². The Morgan fingerprint density at radius 3 is 2.50 bits per heavy atom. The van der Waals surface area contributed by atoms with E-state index in [-0.39, 0.29) is 36.6 Å². The molecule has 0 saturated carbocycles. The van der Waals surface area contributed by atoms with Crippen molar-refractivity contribution in [3.05, 3.63) is 63.6 Å². The van der Waals surface area contributed by atoms with Crippen LogP contribution in [0.25, 0.3) is 0 Å². The summed E-state index contributed by atoms with van der Waals surface area (Å²) in [5, 5.41) is 2.86. The van der Waals surface area contributed by atoms with E-state index in [0.717, 1.165) is 10.0 Å². The van der Waals surface area contributed by atoms with E-state index in [9.17, 15) is 19.2 Å². The van der Waals surface area contributed by atoms with Crippen molar-refractivity contribution in [2.75, 3.05) is 18.9 Å². The van der Waals surface area contributed by atoms with Gasteiger partial charge in [-0.1, -0.05) is 34.1 Å². The second kappa shape index (κ2) is 9.21. The Morgan fingerprint density at radius 1 is 1.07 bits per heavy atom. The summed E-state index contributed by atoms with van der Waals surface area (Å²) in [6.45, 7) is 2.04. The normalized spacial score (nSPS) is 12.7. The van der Waals surface area contributed by atoms with Crippen molar-refractivity contribution in [1.29, 1.82) is 0 Å². The minimum Gasteiger partial charge on any atom is -0.342 e. The Hall–Kier alpha value is -3.00. The molecule has 0 aromatic heterocycles. The molecule has 0 bridgehead atoms. The number of halogens is 1. The van der Waals surface area contributed by atoms with E-state index < -0.39 is 0 Å². The van der Waals surface area contributed by atoms with Gasteiger partial charge in [0, 0.05) is 43.6 Å². The van der Waals surface area contributed by atoms with Gasteiger partial charge >= 0.3 is 0 Å². The second-order valence-corrected chi connectivity index (χ2v) is 8.05. The van der Waals surface area contributed by atoms with Gasteiger partial charge in [0.1, 0.15) is 0 Å². The molecule has 3 rings (SSSR count). The molecule has 156 valence electrons. The van der Waals surface area contributed by atoms with Gasteiger partial charge in [0.15, 0.2) is 0 Å². The molecular formula is C22H22BrN3O4. The van der Waals surface area contributed by atoms with E-state index >= 15 is 0 Å². The molecular weight excluding hydrogens is 450 g/mol. The van der Waals surface area contributed by atoms with E-state index in [1.54, 1.807) is 36.2 Å². The molecule has 7 nitrogen and oxygen atoms in total. The molecule has 0 atom stereocenters. The molecule has 2 aromatic rings. The van der Waals surface area contributed by atoms with Crippen molar-refractivity contribution in [1.82, 2.24) is 9.80 Å². The van der Waals surface area contributed by atoms with E-state index in [1.807, 2.05) is 18.2 Å². The number of carbonyl (C=O) groups excluding carboxylic acids is 4. The highest BCUT2D eigenvalue weighted by Crippen LogP contribution is 2.26. The molecule has 0 saturated heterocycles. The highest BCUT2D eigenvalue weighted by molar-refractivity contribution is 9.10. The number of para-hydroxylation sites is 1. The van der Waals surface area contributed by atoms with Crippen molar-refractivity contribution in [2.45, 2.75) is 26.3 Å². The molecule has 1 aliphatic rings. The summed E-state index contributed by atoms with van der Waals surface area (Å²) in [7, 11) is 1.70. The Labute approximate surface area is 183 Å². The molecule has 1 N–H and O–H groups in total. The number of benzene rings is 2. The van der Waals surface area contributed by atoms with Crippen LogP contribution in [-0.2, 0) is 16.1 Å². The average Bonchev–Trinajstić information content (AvgIpc) is 2.93. The molecule has 4 amide bonds. The molecule has 0 radical (unpaired) electrons. The number of nitrogens with one attached hydrogen (secondary N) is 1. The SMILES string of the molecule is CC(=O)N(C)Cc1ccccc1NC(=O)CCCN1C(=O)c2ccc(Br)cc2C1=O. The number of anilines is 1. The van der Waals surface area contributed by atoms with Crippen LogP contribution in [0.3, 0.4) is 0 Å². The molecule has 0 spiro atoms. The van der Waals surface area contributed by atoms with Gasteiger partial charge in [-0.3, -0.25) is 24.1 Å². The average molecular weight is 472 g/mol. The number of hydrogen-bond donors (Lipinski definition) is 1. The largest absolute Gasteiger partial charge is 0.342 e. The first kappa shape index (κ1) is 21.7. The zero-order valence-electron chi connectivity index (χ0n) is 16.8. The standard InChI is InChI=1S/C22H22BrN3O4/c1-14(27)25(2)13-15-6-3-4-7-19(15)24-20(28)8-5-11-26-21(29)17-10-9-16(23)12-18(17)22(26)30/h3-4,6-7,9-10,12H,5,8,11,13H2,1-2H3,(H,24,28). The van der Waals surface area contributed by atoms with Gasteiger partial charge in [-0.25, -0.2) is 0 Å². The van der Waals surface area contributed by atoms with Crippen LogP contribution in [0.1, 0.15) is 46.0 Å². The van der Waals surface area contributed by atoms with Crippen LogP contribution in [0.4, 0.5) is 5.69 Å². The minimum absolute atomic E-state index is 0.0656. The zero-order valence-corrected chi connectivity index (χ0v) is 18.4. The lowest BCUT2D eigenvalue weighted by molar-refractivity contribution is -0.128. The summed E-state index contributed by atoms with van der Waals surface area (Å²) >= 11 is 3.31. The second-order valence-electron chi connectivity index (χ2n) is 7.14. The summed E-state index contributed by atoms with van der Waals surface area (Å²) < 4.78 is 0.734. The summed E-state index contributed by atoms with van der Waals surface area (Å²) in [5.74, 6) is -0.953. The fourth-order valence-electron chi connectivity index (χ4n) is 3.22. The summed E-state index contributed by atoms with van der Waals surface area (Å²) in [4.78, 5) is 51.5. The van der Waals surface area contributed by atoms with Crippen molar-refractivity contribution < 1.29 is 19.2 Å². The number of nitrogens with zero attached hydrogens (tertiary/aromatic N) is 2. The van der Waals surface area contributed by atoms with Crippen LogP contribution < -0.4 is 5.32 Å². The number of rotatable bonds is 7. The van der Waals surface area contributed by atoms with Gasteiger partial charge in [-0.05, 0) is 36.2 Å². The number of hydrogen-bond acceptors (Lipinski definition) is 4. The van der Waals surface area contributed by atoms with Gasteiger partial charge in [0.25, 0.3) is 11.8 Å². The van der Waals surface area contributed by atoms with E-state index in [1.165, 1.54) is 11.8 Å². The predicted octanol–water partition coefficient (Wildman–Crippen LogP) is 3.44. The number of amides is 4. The van der Waals surface area contributed by atoms with Crippen molar-refractivity contribution in [3.63, 3.8) is 0 Å². The minimum atomic E-state index is -0.339. The van der Waals surface area contributed by atoms with Crippen LogP contribution in [0.5, 0.6) is 0 Å². The highest BCUT2D eigenvalue weighted by Gasteiger charge is 2.35. The topological polar surface area (TPSA) is 86.8 Å². The lowest BCUT2D eigenvalue weighted by Crippen LogP contribution is -2.31. The van der Waals surface area contributed by atoms with Crippen molar-refractivity contribution >= 4 is 45.2 Å². The molecule has 2 aromatic carbocycles. The first-order chi connectivity index (χ1) is 14.3. The Kier molecular flexibility index (Phi) is 6.66. The van der Waals surface area contributed by atoms with Crippen LogP contribution in [0.15, 0.2) is 46.9 Å². The monoisotopic (exact) mass is 471 g/mol. The zero-order chi connectivity index (χ0) is 21.8. The third-order valence-corrected chi connectivity index (χ3v) is 5.45. The Balaban J connectivity index is 1.56. The van der Waals surface area contributed by atoms with E-state index in [2.05, 4.69) is 21.2 Å². The third-order valence-electron chi connectivity index (χ3n) is 4.95. The number of fused-ring (bicyclic) bond motifs is 1. The van der Waals surface area contributed by atoms with E-state index in [0.29, 0.717) is 29.8 Å². The smallest absolute Gasteiger partial charge is 0.261 e. The molecule has 30 heavy (non-hydrogen) atoms. The molecule has 0 unspecified atom stereocenters. The first-order valence-corrected chi connectivity index (χ1v) is 10.3.